The molecule has 2 bridgehead atoms. The number of esters is 1. The minimum atomic E-state index is -0.632. The summed E-state index contributed by atoms with van der Waals surface area (Å²) in [7, 11) is 0. The van der Waals surface area contributed by atoms with Crippen LogP contribution in [-0.2, 0) is 9.53 Å². The van der Waals surface area contributed by atoms with Crippen LogP contribution in [0.5, 0.6) is 0 Å². The lowest BCUT2D eigenvalue weighted by Gasteiger charge is -2.63. The summed E-state index contributed by atoms with van der Waals surface area (Å²) in [6, 6.07) is 0. The van der Waals surface area contributed by atoms with Gasteiger partial charge in [-0.15, -0.1) is 18.9 Å². The number of aliphatic hydroxyl groups is 2. The first-order valence-corrected chi connectivity index (χ1v) is 10.7. The van der Waals surface area contributed by atoms with Crippen molar-refractivity contribution < 1.29 is 19.7 Å². The lowest BCUT2D eigenvalue weighted by Crippen LogP contribution is -2.62. The third-order valence-corrected chi connectivity index (χ3v) is 9.21. The molecule has 0 aromatic rings. The van der Waals surface area contributed by atoms with E-state index >= 15 is 0 Å². The molecule has 0 aromatic carbocycles. The molecule has 2 N–H and O–H groups in total. The molecule has 9 atom stereocenters. The quantitative estimate of drug-likeness (QED) is 0.441. The minimum absolute atomic E-state index is 0.0156. The molecule has 0 aliphatic heterocycles. The number of carbonyl (C=O) groups is 1. The van der Waals surface area contributed by atoms with Crippen LogP contribution in [0.2, 0.25) is 0 Å². The smallest absolute Gasteiger partial charge is 0.332 e. The van der Waals surface area contributed by atoms with Gasteiger partial charge >= 0.3 is 5.97 Å². The summed E-state index contributed by atoms with van der Waals surface area (Å²) in [6.45, 7) is 12.2. The predicted octanol–water partition coefficient (Wildman–Crippen LogP) is 3.57. The van der Waals surface area contributed by atoms with Gasteiger partial charge in [0.15, 0.2) is 0 Å². The number of carbonyl (C=O) groups excluding carboxylic acids is 1. The first-order valence-electron chi connectivity index (χ1n) is 10.7. The molecule has 4 nitrogen and oxygen atoms in total. The van der Waals surface area contributed by atoms with E-state index in [9.17, 15) is 15.0 Å². The number of ether oxygens (including phenoxy) is 1. The van der Waals surface area contributed by atoms with Crippen molar-refractivity contribution in [2.75, 3.05) is 6.61 Å². The van der Waals surface area contributed by atoms with Crippen LogP contribution >= 0.6 is 0 Å². The Morgan fingerprint density at radius 3 is 2.54 bits per heavy atom. The molecular weight excluding hydrogens is 352 g/mol. The molecule has 4 heteroatoms. The first kappa shape index (κ1) is 21.4. The summed E-state index contributed by atoms with van der Waals surface area (Å²) >= 11 is 0. The molecule has 0 amide bonds. The van der Waals surface area contributed by atoms with Gasteiger partial charge in [-0.1, -0.05) is 33.8 Å². The van der Waals surface area contributed by atoms with Gasteiger partial charge in [0.25, 0.3) is 0 Å². The van der Waals surface area contributed by atoms with Gasteiger partial charge < -0.3 is 14.9 Å². The second-order valence-corrected chi connectivity index (χ2v) is 10.1. The van der Waals surface area contributed by atoms with E-state index in [4.69, 9.17) is 11.2 Å². The summed E-state index contributed by atoms with van der Waals surface area (Å²) in [6.07, 6.45) is 11.5. The van der Waals surface area contributed by atoms with E-state index in [1.807, 2.05) is 6.08 Å². The second kappa shape index (κ2) is 7.18. The largest absolute Gasteiger partial charge is 0.460 e. The van der Waals surface area contributed by atoms with E-state index < -0.39 is 30.2 Å². The molecule has 3 saturated carbocycles. The molecule has 28 heavy (non-hydrogen) atoms. The van der Waals surface area contributed by atoms with Crippen molar-refractivity contribution in [1.82, 2.24) is 0 Å². The first-order chi connectivity index (χ1) is 13.1. The topological polar surface area (TPSA) is 66.8 Å². The van der Waals surface area contributed by atoms with E-state index in [0.717, 1.165) is 25.7 Å². The Morgan fingerprint density at radius 1 is 1.32 bits per heavy atom. The highest BCUT2D eigenvalue weighted by molar-refractivity contribution is 5.70. The van der Waals surface area contributed by atoms with E-state index in [1.54, 1.807) is 0 Å². The molecule has 0 spiro atoms. The Bertz CT molecular complexity index is 681. The summed E-state index contributed by atoms with van der Waals surface area (Å²) in [5.74, 6) is 2.99. The average molecular weight is 389 g/mol. The summed E-state index contributed by atoms with van der Waals surface area (Å²) in [4.78, 5) is 12.2. The molecule has 156 valence electrons. The van der Waals surface area contributed by atoms with Crippen LogP contribution in [0, 0.1) is 52.3 Å². The van der Waals surface area contributed by atoms with Gasteiger partial charge in [-0.2, -0.15) is 0 Å². The third kappa shape index (κ3) is 2.77. The SMILES string of the molecule is C#CC1C(C)C(C)(C=C)CC(OC(=O)CO)C2(C)C(C)CCC13CCC(O)C32. The van der Waals surface area contributed by atoms with Crippen LogP contribution in [0.1, 0.15) is 59.8 Å². The van der Waals surface area contributed by atoms with Crippen molar-refractivity contribution in [3.63, 3.8) is 0 Å². The zero-order valence-electron chi connectivity index (χ0n) is 17.8. The molecule has 0 saturated heterocycles. The predicted molar refractivity (Wildman–Crippen MR) is 109 cm³/mol. The Kier molecular flexibility index (Phi) is 5.49. The maximum absolute atomic E-state index is 12.2. The fourth-order valence-electron chi connectivity index (χ4n) is 7.19. The van der Waals surface area contributed by atoms with Gasteiger partial charge in [0, 0.05) is 17.3 Å². The molecular formula is C24H36O4. The van der Waals surface area contributed by atoms with Gasteiger partial charge in [-0.3, -0.25) is 0 Å². The highest BCUT2D eigenvalue weighted by Crippen LogP contribution is 2.69. The van der Waals surface area contributed by atoms with Crippen molar-refractivity contribution in [2.24, 2.45) is 39.9 Å². The van der Waals surface area contributed by atoms with Crippen LogP contribution < -0.4 is 0 Å². The zero-order valence-corrected chi connectivity index (χ0v) is 17.8. The molecule has 3 rings (SSSR count). The Hall–Kier alpha value is -1.31. The van der Waals surface area contributed by atoms with Gasteiger partial charge in [0.2, 0.25) is 0 Å². The highest BCUT2D eigenvalue weighted by Gasteiger charge is 2.68. The van der Waals surface area contributed by atoms with Crippen molar-refractivity contribution in [3.05, 3.63) is 12.7 Å². The van der Waals surface area contributed by atoms with Gasteiger partial charge in [-0.05, 0) is 54.8 Å². The number of terminal acetylenes is 1. The van der Waals surface area contributed by atoms with Gasteiger partial charge in [0.1, 0.15) is 12.7 Å². The summed E-state index contributed by atoms with van der Waals surface area (Å²) < 4.78 is 5.90. The zero-order chi connectivity index (χ0) is 20.9. The Morgan fingerprint density at radius 2 is 1.96 bits per heavy atom. The van der Waals surface area contributed by atoms with Crippen molar-refractivity contribution >= 4 is 5.97 Å². The van der Waals surface area contributed by atoms with Gasteiger partial charge in [0.05, 0.1) is 6.10 Å². The molecule has 0 radical (unpaired) electrons. The van der Waals surface area contributed by atoms with Crippen LogP contribution in [-0.4, -0.2) is 35.0 Å². The Balaban J connectivity index is 2.24. The average Bonchev–Trinajstić information content (AvgIpc) is 3.02. The van der Waals surface area contributed by atoms with Crippen molar-refractivity contribution in [3.8, 4) is 12.3 Å². The molecule has 3 aliphatic carbocycles. The minimum Gasteiger partial charge on any atom is -0.460 e. The van der Waals surface area contributed by atoms with Crippen molar-refractivity contribution in [2.45, 2.75) is 72.0 Å². The van der Waals surface area contributed by atoms with Crippen LogP contribution in [0.25, 0.3) is 0 Å². The molecule has 9 unspecified atom stereocenters. The van der Waals surface area contributed by atoms with Crippen LogP contribution in [0.3, 0.4) is 0 Å². The highest BCUT2D eigenvalue weighted by atomic mass is 16.6. The van der Waals surface area contributed by atoms with E-state index in [0.29, 0.717) is 6.42 Å². The number of rotatable bonds is 3. The fraction of sp³-hybridized carbons (Fsp3) is 0.792. The lowest BCUT2D eigenvalue weighted by atomic mass is 9.42. The number of aliphatic hydroxyl groups excluding tert-OH is 2. The molecule has 3 aliphatic rings. The molecule has 0 heterocycles. The Labute approximate surface area is 169 Å². The van der Waals surface area contributed by atoms with E-state index in [2.05, 4.69) is 40.2 Å². The monoisotopic (exact) mass is 388 g/mol. The standard InChI is InChI=1S/C24H36O4/c1-7-17-16(4)22(5,8-2)13-19(28-20(27)14-25)23(6)15(3)9-11-24(17)12-10-18(26)21(23)24/h1,8,15-19,21,25-26H,2,9-14H2,3-6H3. The summed E-state index contributed by atoms with van der Waals surface area (Å²) in [5.41, 5.74) is -0.858. The molecule has 0 aromatic heterocycles. The van der Waals surface area contributed by atoms with E-state index in [1.165, 1.54) is 0 Å². The van der Waals surface area contributed by atoms with Crippen LogP contribution in [0.4, 0.5) is 0 Å². The van der Waals surface area contributed by atoms with Crippen molar-refractivity contribution in [1.29, 1.82) is 0 Å². The van der Waals surface area contributed by atoms with Crippen LogP contribution in [0.15, 0.2) is 12.7 Å². The normalized spacial score (nSPS) is 50.6. The fourth-order valence-corrected chi connectivity index (χ4v) is 7.19. The second-order valence-electron chi connectivity index (χ2n) is 10.1. The lowest BCUT2D eigenvalue weighted by molar-refractivity contribution is -0.207. The number of allylic oxidation sites excluding steroid dienone is 1. The number of hydrogen-bond donors (Lipinski definition) is 2. The maximum atomic E-state index is 12.2. The summed E-state index contributed by atoms with van der Waals surface area (Å²) in [5, 5.41) is 20.5. The van der Waals surface area contributed by atoms with E-state index in [-0.39, 0.29) is 34.5 Å². The molecule has 3 fully saturated rings. The van der Waals surface area contributed by atoms with Gasteiger partial charge in [-0.25, -0.2) is 4.79 Å². The maximum Gasteiger partial charge on any atom is 0.332 e. The third-order valence-electron chi connectivity index (χ3n) is 9.21. The number of hydrogen-bond acceptors (Lipinski definition) is 4.